The molecule has 0 spiro atoms. The zero-order valence-corrected chi connectivity index (χ0v) is 8.45. The van der Waals surface area contributed by atoms with Crippen LogP contribution in [0.25, 0.3) is 0 Å². The van der Waals surface area contributed by atoms with Gasteiger partial charge in [0.25, 0.3) is 0 Å². The van der Waals surface area contributed by atoms with Crippen LogP contribution in [0.4, 0.5) is 0 Å². The number of rotatable bonds is 2. The van der Waals surface area contributed by atoms with Crippen molar-refractivity contribution >= 4 is 15.9 Å². The first-order valence-corrected chi connectivity index (χ1v) is 4.60. The molecule has 1 rings (SSSR count). The van der Waals surface area contributed by atoms with Crippen molar-refractivity contribution in [2.24, 2.45) is 5.92 Å². The van der Waals surface area contributed by atoms with E-state index in [1.165, 1.54) is 0 Å². The number of nitriles is 2. The fraction of sp³-hybridized carbons (Fsp3) is 0.200. The molecule has 0 N–H and O–H groups in total. The third-order valence-electron chi connectivity index (χ3n) is 1.69. The van der Waals surface area contributed by atoms with E-state index < -0.39 is 5.92 Å². The lowest BCUT2D eigenvalue weighted by Crippen LogP contribution is -1.98. The van der Waals surface area contributed by atoms with Crippen molar-refractivity contribution < 1.29 is 0 Å². The average molecular weight is 235 g/mol. The van der Waals surface area contributed by atoms with Crippen LogP contribution in [0.2, 0.25) is 0 Å². The van der Waals surface area contributed by atoms with Crippen molar-refractivity contribution in [2.45, 2.75) is 6.42 Å². The molecular formula is C10H7BrN2. The van der Waals surface area contributed by atoms with Gasteiger partial charge in [0.15, 0.2) is 0 Å². The van der Waals surface area contributed by atoms with Crippen molar-refractivity contribution in [3.05, 3.63) is 34.3 Å². The molecule has 64 valence electrons. The molecule has 0 unspecified atom stereocenters. The predicted octanol–water partition coefficient (Wildman–Crippen LogP) is 2.65. The fourth-order valence-electron chi connectivity index (χ4n) is 1.00. The SMILES string of the molecule is N#CC(C#N)Cc1ccccc1Br. The van der Waals surface area contributed by atoms with Crippen LogP contribution in [0.3, 0.4) is 0 Å². The Morgan fingerprint density at radius 1 is 1.23 bits per heavy atom. The summed E-state index contributed by atoms with van der Waals surface area (Å²) < 4.78 is 0.950. The first kappa shape index (κ1) is 9.77. The summed E-state index contributed by atoms with van der Waals surface area (Å²) >= 11 is 3.36. The van der Waals surface area contributed by atoms with Crippen LogP contribution in [0.1, 0.15) is 5.56 Å². The first-order chi connectivity index (χ1) is 6.27. The number of halogens is 1. The summed E-state index contributed by atoms with van der Waals surface area (Å²) in [5.74, 6) is -0.557. The molecule has 0 aliphatic rings. The van der Waals surface area contributed by atoms with Gasteiger partial charge in [-0.3, -0.25) is 0 Å². The Balaban J connectivity index is 2.82. The Hall–Kier alpha value is -1.32. The van der Waals surface area contributed by atoms with Gasteiger partial charge in [0.05, 0.1) is 12.1 Å². The molecule has 0 amide bonds. The molecule has 0 aliphatic heterocycles. The number of benzene rings is 1. The van der Waals surface area contributed by atoms with E-state index in [4.69, 9.17) is 10.5 Å². The summed E-state index contributed by atoms with van der Waals surface area (Å²) in [6.45, 7) is 0. The zero-order chi connectivity index (χ0) is 9.68. The number of hydrogen-bond acceptors (Lipinski definition) is 2. The lowest BCUT2D eigenvalue weighted by Gasteiger charge is -2.02. The molecule has 2 nitrogen and oxygen atoms in total. The highest BCUT2D eigenvalue weighted by Gasteiger charge is 2.08. The second-order valence-electron chi connectivity index (χ2n) is 2.61. The van der Waals surface area contributed by atoms with Gasteiger partial charge in [0.2, 0.25) is 0 Å². The average Bonchev–Trinajstić information content (AvgIpc) is 2.17. The molecule has 1 aromatic carbocycles. The normalized spacial score (nSPS) is 9.23. The Morgan fingerprint density at radius 2 is 1.85 bits per heavy atom. The van der Waals surface area contributed by atoms with Gasteiger partial charge >= 0.3 is 0 Å². The van der Waals surface area contributed by atoms with E-state index in [2.05, 4.69) is 15.9 Å². The van der Waals surface area contributed by atoms with Crippen LogP contribution in [0.5, 0.6) is 0 Å². The van der Waals surface area contributed by atoms with Crippen LogP contribution in [-0.2, 0) is 6.42 Å². The van der Waals surface area contributed by atoms with Crippen molar-refractivity contribution in [1.82, 2.24) is 0 Å². The molecule has 1 aromatic rings. The van der Waals surface area contributed by atoms with Gasteiger partial charge < -0.3 is 0 Å². The molecule has 0 bridgehead atoms. The second kappa shape index (κ2) is 4.64. The molecule has 0 aromatic heterocycles. The molecular weight excluding hydrogens is 228 g/mol. The summed E-state index contributed by atoms with van der Waals surface area (Å²) in [5, 5.41) is 17.2. The maximum Gasteiger partial charge on any atom is 0.137 e. The van der Waals surface area contributed by atoms with E-state index in [1.807, 2.05) is 36.4 Å². The molecule has 0 atom stereocenters. The molecule has 0 fully saturated rings. The lowest BCUT2D eigenvalue weighted by atomic mass is 10.0. The Bertz CT molecular complexity index is 359. The Morgan fingerprint density at radius 3 is 2.38 bits per heavy atom. The third-order valence-corrected chi connectivity index (χ3v) is 2.47. The highest BCUT2D eigenvalue weighted by molar-refractivity contribution is 9.10. The van der Waals surface area contributed by atoms with Crippen molar-refractivity contribution in [2.75, 3.05) is 0 Å². The molecule has 0 heterocycles. The van der Waals surface area contributed by atoms with Crippen molar-refractivity contribution in [3.63, 3.8) is 0 Å². The van der Waals surface area contributed by atoms with Crippen LogP contribution < -0.4 is 0 Å². The van der Waals surface area contributed by atoms with Gasteiger partial charge in [-0.2, -0.15) is 10.5 Å². The minimum Gasteiger partial charge on any atom is -0.197 e. The highest BCUT2D eigenvalue weighted by Crippen LogP contribution is 2.18. The molecule has 0 saturated carbocycles. The van der Waals surface area contributed by atoms with E-state index in [1.54, 1.807) is 0 Å². The number of nitrogens with zero attached hydrogens (tertiary/aromatic N) is 2. The summed E-state index contributed by atoms with van der Waals surface area (Å²) in [5.41, 5.74) is 0.996. The van der Waals surface area contributed by atoms with E-state index in [0.717, 1.165) is 10.0 Å². The topological polar surface area (TPSA) is 47.6 Å². The summed E-state index contributed by atoms with van der Waals surface area (Å²) in [6.07, 6.45) is 0.481. The van der Waals surface area contributed by atoms with Gasteiger partial charge in [-0.05, 0) is 11.6 Å². The van der Waals surface area contributed by atoms with E-state index in [0.29, 0.717) is 6.42 Å². The monoisotopic (exact) mass is 234 g/mol. The van der Waals surface area contributed by atoms with Crippen LogP contribution in [0, 0.1) is 28.6 Å². The lowest BCUT2D eigenvalue weighted by molar-refractivity contribution is 0.830. The summed E-state index contributed by atoms with van der Waals surface area (Å²) in [4.78, 5) is 0. The maximum absolute atomic E-state index is 8.59. The van der Waals surface area contributed by atoms with Gasteiger partial charge in [0.1, 0.15) is 5.92 Å². The van der Waals surface area contributed by atoms with Gasteiger partial charge in [0, 0.05) is 10.9 Å². The molecule has 13 heavy (non-hydrogen) atoms. The molecule has 0 saturated heterocycles. The van der Waals surface area contributed by atoms with Crippen LogP contribution in [-0.4, -0.2) is 0 Å². The zero-order valence-electron chi connectivity index (χ0n) is 6.87. The highest BCUT2D eigenvalue weighted by atomic mass is 79.9. The van der Waals surface area contributed by atoms with Crippen molar-refractivity contribution in [3.8, 4) is 12.1 Å². The third kappa shape index (κ3) is 2.57. The summed E-state index contributed by atoms with van der Waals surface area (Å²) in [6, 6.07) is 11.5. The van der Waals surface area contributed by atoms with E-state index in [9.17, 15) is 0 Å². The van der Waals surface area contributed by atoms with Crippen LogP contribution >= 0.6 is 15.9 Å². The summed E-state index contributed by atoms with van der Waals surface area (Å²) in [7, 11) is 0. The van der Waals surface area contributed by atoms with Gasteiger partial charge in [-0.15, -0.1) is 0 Å². The maximum atomic E-state index is 8.59. The minimum absolute atomic E-state index is 0.481. The van der Waals surface area contributed by atoms with E-state index in [-0.39, 0.29) is 0 Å². The standard InChI is InChI=1S/C10H7BrN2/c11-10-4-2-1-3-9(10)5-8(6-12)7-13/h1-4,8H,5H2. The molecule has 0 radical (unpaired) electrons. The molecule has 3 heteroatoms. The van der Waals surface area contributed by atoms with Gasteiger partial charge in [-0.25, -0.2) is 0 Å². The number of hydrogen-bond donors (Lipinski definition) is 0. The predicted molar refractivity (Wildman–Crippen MR) is 52.6 cm³/mol. The second-order valence-corrected chi connectivity index (χ2v) is 3.46. The van der Waals surface area contributed by atoms with Gasteiger partial charge in [-0.1, -0.05) is 34.1 Å². The fourth-order valence-corrected chi connectivity index (χ4v) is 1.45. The van der Waals surface area contributed by atoms with E-state index >= 15 is 0 Å². The largest absolute Gasteiger partial charge is 0.197 e. The molecule has 0 aliphatic carbocycles. The smallest absolute Gasteiger partial charge is 0.137 e. The minimum atomic E-state index is -0.557. The van der Waals surface area contributed by atoms with Crippen molar-refractivity contribution in [1.29, 1.82) is 10.5 Å². The quantitative estimate of drug-likeness (QED) is 0.790. The first-order valence-electron chi connectivity index (χ1n) is 3.80. The Labute approximate surface area is 85.5 Å². The Kier molecular flexibility index (Phi) is 3.49. The van der Waals surface area contributed by atoms with Crippen LogP contribution in [0.15, 0.2) is 28.7 Å².